The zero-order valence-electron chi connectivity index (χ0n) is 28.0. The van der Waals surface area contributed by atoms with E-state index in [0.717, 1.165) is 77.2 Å². The maximum absolute atomic E-state index is 6.67. The topological polar surface area (TPSA) is 91.0 Å². The number of rotatable bonds is 5. The molecule has 11 aromatic rings. The molecular formula is C46H26N4O3. The predicted molar refractivity (Wildman–Crippen MR) is 209 cm³/mol. The molecule has 7 heteroatoms. The van der Waals surface area contributed by atoms with E-state index in [1.165, 1.54) is 0 Å². The van der Waals surface area contributed by atoms with Crippen LogP contribution in [-0.4, -0.2) is 19.9 Å². The molecule has 0 N–H and O–H groups in total. The van der Waals surface area contributed by atoms with E-state index in [1.54, 1.807) is 0 Å². The number of furan rings is 2. The fraction of sp³-hybridized carbons (Fsp3) is 0. The highest BCUT2D eigenvalue weighted by molar-refractivity contribution is 6.21. The maximum atomic E-state index is 6.67. The summed E-state index contributed by atoms with van der Waals surface area (Å²) in [5, 5.41) is 3.79. The van der Waals surface area contributed by atoms with Gasteiger partial charge in [-0.25, -0.2) is 19.9 Å². The molecule has 0 unspecified atom stereocenters. The van der Waals surface area contributed by atoms with E-state index >= 15 is 0 Å². The molecule has 0 fully saturated rings. The quantitative estimate of drug-likeness (QED) is 0.178. The highest BCUT2D eigenvalue weighted by Crippen LogP contribution is 2.44. The Kier molecular flexibility index (Phi) is 6.42. The van der Waals surface area contributed by atoms with Crippen LogP contribution in [0.5, 0.6) is 0 Å². The van der Waals surface area contributed by atoms with Gasteiger partial charge >= 0.3 is 0 Å². The molecule has 248 valence electrons. The average Bonchev–Trinajstić information content (AvgIpc) is 3.94. The summed E-state index contributed by atoms with van der Waals surface area (Å²) >= 11 is 0. The molecule has 7 aromatic carbocycles. The Balaban J connectivity index is 1.18. The van der Waals surface area contributed by atoms with Crippen LogP contribution in [0.3, 0.4) is 0 Å². The zero-order valence-corrected chi connectivity index (χ0v) is 28.0. The van der Waals surface area contributed by atoms with Gasteiger partial charge in [-0.1, -0.05) is 121 Å². The van der Waals surface area contributed by atoms with Crippen LogP contribution in [0.15, 0.2) is 171 Å². The van der Waals surface area contributed by atoms with Crippen LogP contribution in [0, 0.1) is 0 Å². The lowest BCUT2D eigenvalue weighted by Gasteiger charge is -2.13. The van der Waals surface area contributed by atoms with Crippen molar-refractivity contribution in [2.75, 3.05) is 0 Å². The van der Waals surface area contributed by atoms with Crippen molar-refractivity contribution in [1.29, 1.82) is 0 Å². The maximum Gasteiger partial charge on any atom is 0.227 e. The molecule has 0 amide bonds. The smallest absolute Gasteiger partial charge is 0.227 e. The third-order valence-corrected chi connectivity index (χ3v) is 9.79. The number of hydrogen-bond donors (Lipinski definition) is 0. The van der Waals surface area contributed by atoms with Crippen molar-refractivity contribution in [2.45, 2.75) is 0 Å². The van der Waals surface area contributed by atoms with Crippen molar-refractivity contribution in [2.24, 2.45) is 0 Å². The van der Waals surface area contributed by atoms with E-state index in [-0.39, 0.29) is 0 Å². The molecule has 0 saturated heterocycles. The van der Waals surface area contributed by atoms with Crippen LogP contribution >= 0.6 is 0 Å². The third-order valence-electron chi connectivity index (χ3n) is 9.79. The van der Waals surface area contributed by atoms with Gasteiger partial charge in [0.15, 0.2) is 23.1 Å². The van der Waals surface area contributed by atoms with Crippen molar-refractivity contribution in [3.63, 3.8) is 0 Å². The van der Waals surface area contributed by atoms with Crippen molar-refractivity contribution in [3.8, 4) is 56.7 Å². The average molecular weight is 683 g/mol. The molecule has 0 spiro atoms. The van der Waals surface area contributed by atoms with Crippen molar-refractivity contribution in [1.82, 2.24) is 19.9 Å². The Hall–Kier alpha value is -7.38. The van der Waals surface area contributed by atoms with E-state index in [9.17, 15) is 0 Å². The van der Waals surface area contributed by atoms with E-state index in [1.807, 2.05) is 140 Å². The van der Waals surface area contributed by atoms with Gasteiger partial charge in [0, 0.05) is 44.0 Å². The fourth-order valence-electron chi connectivity index (χ4n) is 7.38. The summed E-state index contributed by atoms with van der Waals surface area (Å²) in [5.41, 5.74) is 9.69. The predicted octanol–water partition coefficient (Wildman–Crippen LogP) is 12.1. The minimum absolute atomic E-state index is 0.531. The van der Waals surface area contributed by atoms with Gasteiger partial charge in [-0.3, -0.25) is 0 Å². The molecule has 0 bridgehead atoms. The van der Waals surface area contributed by atoms with Crippen LogP contribution in [0.1, 0.15) is 0 Å². The van der Waals surface area contributed by atoms with Gasteiger partial charge in [0.05, 0.1) is 5.39 Å². The summed E-state index contributed by atoms with van der Waals surface area (Å²) in [4.78, 5) is 20.4. The number of fused-ring (bicyclic) bond motifs is 8. The molecule has 11 rings (SSSR count). The van der Waals surface area contributed by atoms with Crippen LogP contribution in [0.25, 0.3) is 112 Å². The zero-order chi connectivity index (χ0) is 34.9. The molecule has 53 heavy (non-hydrogen) atoms. The number of nitrogens with zero attached hydrogens (tertiary/aromatic N) is 4. The highest BCUT2D eigenvalue weighted by Gasteiger charge is 2.24. The van der Waals surface area contributed by atoms with E-state index in [4.69, 9.17) is 33.2 Å². The second kappa shape index (κ2) is 11.6. The molecule has 0 atom stereocenters. The lowest BCUT2D eigenvalue weighted by molar-refractivity contribution is 0.622. The fourth-order valence-corrected chi connectivity index (χ4v) is 7.38. The lowest BCUT2D eigenvalue weighted by atomic mass is 9.96. The number of oxazole rings is 1. The van der Waals surface area contributed by atoms with Gasteiger partial charge in [-0.15, -0.1) is 0 Å². The minimum Gasteiger partial charge on any atom is -0.456 e. The molecule has 4 aromatic heterocycles. The first kappa shape index (κ1) is 29.4. The van der Waals surface area contributed by atoms with Gasteiger partial charge in [0.2, 0.25) is 5.89 Å². The van der Waals surface area contributed by atoms with Crippen molar-refractivity contribution < 1.29 is 13.3 Å². The molecule has 4 heterocycles. The van der Waals surface area contributed by atoms with E-state index < -0.39 is 0 Å². The van der Waals surface area contributed by atoms with Gasteiger partial charge in [0.25, 0.3) is 0 Å². The van der Waals surface area contributed by atoms with E-state index in [0.29, 0.717) is 34.5 Å². The lowest BCUT2D eigenvalue weighted by Crippen LogP contribution is -2.01. The van der Waals surface area contributed by atoms with Gasteiger partial charge < -0.3 is 13.3 Å². The number of hydrogen-bond acceptors (Lipinski definition) is 7. The minimum atomic E-state index is 0.531. The summed E-state index contributed by atoms with van der Waals surface area (Å²) in [6.45, 7) is 0. The van der Waals surface area contributed by atoms with E-state index in [2.05, 4.69) is 18.2 Å². The van der Waals surface area contributed by atoms with Crippen LogP contribution in [0.2, 0.25) is 0 Å². The second-order valence-electron chi connectivity index (χ2n) is 13.0. The summed E-state index contributed by atoms with van der Waals surface area (Å²) in [6, 6.07) is 52.3. The Morgan fingerprint density at radius 1 is 0.340 bits per heavy atom. The molecule has 0 radical (unpaired) electrons. The first-order valence-corrected chi connectivity index (χ1v) is 17.4. The SMILES string of the molecule is c1ccc(-c2nc(-c3ccccc3-c3cc4nc(-c5ccccc5)oc4c4c3oc3ccccc34)nc(-c3cccc4oc5ccccc5c34)n2)cc1. The molecule has 0 aliphatic heterocycles. The van der Waals surface area contributed by atoms with Gasteiger partial charge in [-0.05, 0) is 42.0 Å². The summed E-state index contributed by atoms with van der Waals surface area (Å²) in [7, 11) is 0. The normalized spacial score (nSPS) is 11.8. The summed E-state index contributed by atoms with van der Waals surface area (Å²) in [5.74, 6) is 2.20. The first-order valence-electron chi connectivity index (χ1n) is 17.4. The third kappa shape index (κ3) is 4.68. The first-order chi connectivity index (χ1) is 26.3. The Morgan fingerprint density at radius 2 is 0.906 bits per heavy atom. The second-order valence-corrected chi connectivity index (χ2v) is 13.0. The number of aromatic nitrogens is 4. The summed E-state index contributed by atoms with van der Waals surface area (Å²) < 4.78 is 19.4. The molecular weight excluding hydrogens is 657 g/mol. The number of para-hydroxylation sites is 2. The van der Waals surface area contributed by atoms with Crippen molar-refractivity contribution >= 4 is 55.0 Å². The highest BCUT2D eigenvalue weighted by atomic mass is 16.4. The van der Waals surface area contributed by atoms with Crippen LogP contribution < -0.4 is 0 Å². The van der Waals surface area contributed by atoms with Crippen LogP contribution in [0.4, 0.5) is 0 Å². The molecule has 0 aliphatic rings. The van der Waals surface area contributed by atoms with Gasteiger partial charge in [-0.2, -0.15) is 0 Å². The molecule has 0 saturated carbocycles. The molecule has 0 aliphatic carbocycles. The summed E-state index contributed by atoms with van der Waals surface area (Å²) in [6.07, 6.45) is 0. The Bertz CT molecular complexity index is 3180. The Morgan fingerprint density at radius 3 is 1.68 bits per heavy atom. The number of benzene rings is 7. The van der Waals surface area contributed by atoms with Crippen molar-refractivity contribution in [3.05, 3.63) is 158 Å². The largest absolute Gasteiger partial charge is 0.456 e. The monoisotopic (exact) mass is 682 g/mol. The van der Waals surface area contributed by atoms with Gasteiger partial charge in [0.1, 0.15) is 27.8 Å². The van der Waals surface area contributed by atoms with Crippen LogP contribution in [-0.2, 0) is 0 Å². The standard InChI is InChI=1S/C46H26N4O3/c1-3-14-27(15-4-1)43-48-44(50-45(49-43)33-22-13-25-38-39(33)31-20-9-11-23-36(31)51-38)30-19-8-7-18-29(30)34-26-35-42(53-46(47-35)28-16-5-2-6-17-28)40-32-21-10-12-24-37(32)52-41(34)40/h1-26H. The Labute approximate surface area is 301 Å². The molecule has 7 nitrogen and oxygen atoms in total.